The lowest BCUT2D eigenvalue weighted by Crippen LogP contribution is -2.49. The highest BCUT2D eigenvalue weighted by atomic mass is 32.1. The summed E-state index contributed by atoms with van der Waals surface area (Å²) in [5.41, 5.74) is 0.320. The van der Waals surface area contributed by atoms with Crippen LogP contribution in [0.3, 0.4) is 0 Å². The van der Waals surface area contributed by atoms with Crippen molar-refractivity contribution in [2.75, 3.05) is 6.61 Å². The van der Waals surface area contributed by atoms with E-state index >= 15 is 0 Å². The minimum absolute atomic E-state index is 0.257. The molecule has 0 aromatic rings. The molecule has 3 unspecified atom stereocenters. The molecule has 2 aliphatic rings. The van der Waals surface area contributed by atoms with Gasteiger partial charge in [-0.1, -0.05) is 0 Å². The van der Waals surface area contributed by atoms with Crippen LogP contribution in [-0.2, 0) is 4.74 Å². The lowest BCUT2D eigenvalue weighted by atomic mass is 10.0. The Morgan fingerprint density at radius 3 is 2.53 bits per heavy atom. The smallest absolute Gasteiger partial charge is 0.172 e. The predicted octanol–water partition coefficient (Wildman–Crippen LogP) is -2.85. The van der Waals surface area contributed by atoms with E-state index in [1.54, 1.807) is 0 Å². The number of aliphatic hydroxyl groups excluding tert-OH is 4. The van der Waals surface area contributed by atoms with Gasteiger partial charge in [0.05, 0.1) is 6.61 Å². The maximum Gasteiger partial charge on any atom is 0.172 e. The summed E-state index contributed by atoms with van der Waals surface area (Å²) in [6, 6.07) is 0. The van der Waals surface area contributed by atoms with Crippen molar-refractivity contribution >= 4 is 17.3 Å². The Bertz CT molecular complexity index is 350. The van der Waals surface area contributed by atoms with Crippen LogP contribution in [-0.4, -0.2) is 62.8 Å². The Balaban J connectivity index is 2.15. The Labute approximate surface area is 103 Å². The molecule has 0 saturated carbocycles. The van der Waals surface area contributed by atoms with Gasteiger partial charge >= 0.3 is 0 Å². The van der Waals surface area contributed by atoms with E-state index in [2.05, 4.69) is 10.6 Å². The van der Waals surface area contributed by atoms with Gasteiger partial charge in [-0.25, -0.2) is 0 Å². The van der Waals surface area contributed by atoms with Crippen molar-refractivity contribution in [1.82, 2.24) is 10.6 Å². The first kappa shape index (κ1) is 12.7. The van der Waals surface area contributed by atoms with Gasteiger partial charge in [-0.15, -0.1) is 0 Å². The average Bonchev–Trinajstić information content (AvgIpc) is 2.57. The molecule has 0 amide bonds. The second-order valence-corrected chi connectivity index (χ2v) is 4.33. The minimum atomic E-state index is -1.21. The van der Waals surface area contributed by atoms with E-state index < -0.39 is 37.3 Å². The number of nitrogens with one attached hydrogen (secondary N) is 2. The maximum absolute atomic E-state index is 9.77. The third-order valence-corrected chi connectivity index (χ3v) is 3.06. The Kier molecular flexibility index (Phi) is 3.61. The third kappa shape index (κ3) is 2.28. The molecule has 0 aromatic carbocycles. The molecule has 8 heteroatoms. The standard InChI is InChI=1S/C9H14N2O5S/c12-2-4-5(13)6(14)7(16-4)3-1-10-9(17)11-8(3)15/h1,4-8,12-15H,2H2,(H2,10,11,17)/t4-,5?,6?,7+,8?/m1/s1. The van der Waals surface area contributed by atoms with Gasteiger partial charge < -0.3 is 35.8 Å². The maximum atomic E-state index is 9.77. The van der Waals surface area contributed by atoms with Gasteiger partial charge in [0.15, 0.2) is 11.3 Å². The molecule has 17 heavy (non-hydrogen) atoms. The van der Waals surface area contributed by atoms with E-state index in [4.69, 9.17) is 22.1 Å². The molecule has 0 bridgehead atoms. The van der Waals surface area contributed by atoms with Crippen molar-refractivity contribution in [3.05, 3.63) is 11.8 Å². The summed E-state index contributed by atoms with van der Waals surface area (Å²) in [4.78, 5) is 0. The van der Waals surface area contributed by atoms with Crippen molar-refractivity contribution in [2.24, 2.45) is 0 Å². The van der Waals surface area contributed by atoms with Crippen LogP contribution >= 0.6 is 12.2 Å². The molecule has 1 fully saturated rings. The molecule has 5 atom stereocenters. The Hall–Kier alpha value is -0.770. The molecule has 0 spiro atoms. The molecule has 6 N–H and O–H groups in total. The van der Waals surface area contributed by atoms with E-state index in [1.165, 1.54) is 6.20 Å². The van der Waals surface area contributed by atoms with Gasteiger partial charge in [0, 0.05) is 11.8 Å². The zero-order valence-corrected chi connectivity index (χ0v) is 9.59. The van der Waals surface area contributed by atoms with E-state index in [-0.39, 0.29) is 5.11 Å². The summed E-state index contributed by atoms with van der Waals surface area (Å²) >= 11 is 4.79. The second-order valence-electron chi connectivity index (χ2n) is 3.92. The van der Waals surface area contributed by atoms with Gasteiger partial charge in [-0.05, 0) is 12.2 Å². The molecular formula is C9H14N2O5S. The largest absolute Gasteiger partial charge is 0.394 e. The van der Waals surface area contributed by atoms with Crippen molar-refractivity contribution in [1.29, 1.82) is 0 Å². The van der Waals surface area contributed by atoms with E-state index in [0.717, 1.165) is 0 Å². The van der Waals surface area contributed by atoms with Gasteiger partial charge in [0.1, 0.15) is 24.4 Å². The molecule has 7 nitrogen and oxygen atoms in total. The van der Waals surface area contributed by atoms with E-state index in [0.29, 0.717) is 5.57 Å². The van der Waals surface area contributed by atoms with Crippen LogP contribution in [0, 0.1) is 0 Å². The van der Waals surface area contributed by atoms with Crippen LogP contribution in [0.2, 0.25) is 0 Å². The van der Waals surface area contributed by atoms with Gasteiger partial charge in [0.25, 0.3) is 0 Å². The fraction of sp³-hybridized carbons (Fsp3) is 0.667. The number of rotatable bonds is 2. The van der Waals surface area contributed by atoms with Gasteiger partial charge in [-0.2, -0.15) is 0 Å². The number of ether oxygens (including phenoxy) is 1. The Morgan fingerprint density at radius 1 is 1.29 bits per heavy atom. The van der Waals surface area contributed by atoms with Crippen LogP contribution in [0.5, 0.6) is 0 Å². The predicted molar refractivity (Wildman–Crippen MR) is 60.7 cm³/mol. The van der Waals surface area contributed by atoms with Crippen LogP contribution in [0.15, 0.2) is 11.8 Å². The molecule has 0 aliphatic carbocycles. The molecule has 1 saturated heterocycles. The van der Waals surface area contributed by atoms with Crippen molar-refractivity contribution < 1.29 is 25.2 Å². The number of thiocarbonyl (C=S) groups is 1. The normalized spacial score (nSPS) is 41.8. The summed E-state index contributed by atoms with van der Waals surface area (Å²) in [6.07, 6.45) is -3.82. The molecule has 96 valence electrons. The van der Waals surface area contributed by atoms with Crippen molar-refractivity contribution in [2.45, 2.75) is 30.6 Å². The minimum Gasteiger partial charge on any atom is -0.394 e. The lowest BCUT2D eigenvalue weighted by molar-refractivity contribution is -0.0185. The first-order valence-corrected chi connectivity index (χ1v) is 5.53. The van der Waals surface area contributed by atoms with Crippen LogP contribution in [0.4, 0.5) is 0 Å². The summed E-state index contributed by atoms with van der Waals surface area (Å²) in [7, 11) is 0. The average molecular weight is 262 g/mol. The zero-order chi connectivity index (χ0) is 12.6. The Morgan fingerprint density at radius 2 is 2.00 bits per heavy atom. The fourth-order valence-corrected chi connectivity index (χ4v) is 2.06. The van der Waals surface area contributed by atoms with E-state index in [9.17, 15) is 15.3 Å². The first-order chi connectivity index (χ1) is 8.04. The molecule has 2 heterocycles. The third-order valence-electron chi connectivity index (χ3n) is 2.82. The highest BCUT2D eigenvalue weighted by Crippen LogP contribution is 2.27. The van der Waals surface area contributed by atoms with Gasteiger partial charge in [-0.3, -0.25) is 0 Å². The molecule has 2 aliphatic heterocycles. The number of hydrogen-bond donors (Lipinski definition) is 6. The van der Waals surface area contributed by atoms with Crippen LogP contribution in [0.1, 0.15) is 0 Å². The first-order valence-electron chi connectivity index (χ1n) is 5.12. The number of hydrogen-bond acceptors (Lipinski definition) is 6. The monoisotopic (exact) mass is 262 g/mol. The number of aliphatic hydroxyl groups is 4. The zero-order valence-electron chi connectivity index (χ0n) is 8.78. The lowest BCUT2D eigenvalue weighted by Gasteiger charge is -2.28. The molecule has 0 radical (unpaired) electrons. The van der Waals surface area contributed by atoms with Crippen LogP contribution in [0.25, 0.3) is 0 Å². The van der Waals surface area contributed by atoms with Crippen LogP contribution < -0.4 is 10.6 Å². The van der Waals surface area contributed by atoms with Crippen molar-refractivity contribution in [3.8, 4) is 0 Å². The summed E-state index contributed by atoms with van der Waals surface area (Å²) in [5.74, 6) is 0. The second kappa shape index (κ2) is 4.84. The van der Waals surface area contributed by atoms with Gasteiger partial charge in [0.2, 0.25) is 0 Å². The fourth-order valence-electron chi connectivity index (χ4n) is 1.89. The molecule has 2 rings (SSSR count). The van der Waals surface area contributed by atoms with E-state index in [1.807, 2.05) is 0 Å². The van der Waals surface area contributed by atoms with Crippen molar-refractivity contribution in [3.63, 3.8) is 0 Å². The SMILES string of the molecule is OC[C@H]1O[C@@H](C2=CNC(=S)NC2O)C(O)C1O. The highest BCUT2D eigenvalue weighted by molar-refractivity contribution is 7.80. The summed E-state index contributed by atoms with van der Waals surface area (Å²) in [5, 5.41) is 43.5. The quantitative estimate of drug-likeness (QED) is 0.295. The summed E-state index contributed by atoms with van der Waals surface area (Å²) < 4.78 is 5.28. The highest BCUT2D eigenvalue weighted by Gasteiger charge is 2.45. The topological polar surface area (TPSA) is 114 Å². The molecule has 0 aromatic heterocycles. The molecular weight excluding hydrogens is 248 g/mol. The summed E-state index contributed by atoms with van der Waals surface area (Å²) in [6.45, 7) is -0.405.